The molecule has 31 heavy (non-hydrogen) atoms. The molecule has 0 aromatic heterocycles. The van der Waals surface area contributed by atoms with Gasteiger partial charge in [-0.25, -0.2) is 9.38 Å². The number of halogens is 1. The van der Waals surface area contributed by atoms with Crippen molar-refractivity contribution in [3.63, 3.8) is 0 Å². The highest BCUT2D eigenvalue weighted by Crippen LogP contribution is 2.34. The maximum absolute atomic E-state index is 14.0. The average molecular weight is 444 g/mol. The van der Waals surface area contributed by atoms with Gasteiger partial charge in [0.15, 0.2) is 5.17 Å². The van der Waals surface area contributed by atoms with E-state index in [0.29, 0.717) is 23.0 Å². The van der Waals surface area contributed by atoms with Gasteiger partial charge in [0.2, 0.25) is 11.8 Å². The maximum Gasteiger partial charge on any atom is 0.242 e. The number of amidine groups is 1. The van der Waals surface area contributed by atoms with Gasteiger partial charge < -0.3 is 10.1 Å². The SMILES string of the molecule is CCOC(CN1C(=O)C(CC(=O)NC)SC1=Nc1ccc(C)c(F)c1)c1ccccc1. The molecule has 0 radical (unpaired) electrons. The van der Waals surface area contributed by atoms with Crippen LogP contribution in [0, 0.1) is 12.7 Å². The molecule has 1 saturated heterocycles. The molecule has 2 aromatic carbocycles. The van der Waals surface area contributed by atoms with Gasteiger partial charge in [-0.3, -0.25) is 14.5 Å². The van der Waals surface area contributed by atoms with E-state index >= 15 is 0 Å². The minimum absolute atomic E-state index is 0.0441. The Labute approximate surface area is 185 Å². The van der Waals surface area contributed by atoms with Crippen LogP contribution in [-0.2, 0) is 14.3 Å². The first-order chi connectivity index (χ1) is 14.9. The van der Waals surface area contributed by atoms with Crippen molar-refractivity contribution >= 4 is 34.4 Å². The van der Waals surface area contributed by atoms with E-state index in [1.54, 1.807) is 24.0 Å². The van der Waals surface area contributed by atoms with Crippen LogP contribution >= 0.6 is 11.8 Å². The Bertz CT molecular complexity index is 968. The minimum atomic E-state index is -0.591. The monoisotopic (exact) mass is 443 g/mol. The molecule has 0 saturated carbocycles. The number of aryl methyl sites for hydroxylation is 1. The second-order valence-corrected chi connectivity index (χ2v) is 8.29. The maximum atomic E-state index is 14.0. The third-order valence-corrected chi connectivity index (χ3v) is 6.11. The first-order valence-electron chi connectivity index (χ1n) is 10.1. The van der Waals surface area contributed by atoms with Crippen LogP contribution in [0.1, 0.15) is 30.6 Å². The summed E-state index contributed by atoms with van der Waals surface area (Å²) in [7, 11) is 1.54. The lowest BCUT2D eigenvalue weighted by Gasteiger charge is -2.24. The molecule has 0 bridgehead atoms. The van der Waals surface area contributed by atoms with E-state index < -0.39 is 5.25 Å². The van der Waals surface area contributed by atoms with Crippen molar-refractivity contribution in [2.75, 3.05) is 20.2 Å². The summed E-state index contributed by atoms with van der Waals surface area (Å²) in [5.41, 5.74) is 1.88. The Morgan fingerprint density at radius 1 is 1.29 bits per heavy atom. The number of aliphatic imine (C=N–C) groups is 1. The average Bonchev–Trinajstić information content (AvgIpc) is 3.05. The highest BCUT2D eigenvalue weighted by atomic mass is 32.2. The van der Waals surface area contributed by atoms with Crippen molar-refractivity contribution in [1.82, 2.24) is 10.2 Å². The van der Waals surface area contributed by atoms with Gasteiger partial charge >= 0.3 is 0 Å². The van der Waals surface area contributed by atoms with Gasteiger partial charge in [0.25, 0.3) is 0 Å². The number of rotatable bonds is 8. The van der Waals surface area contributed by atoms with Crippen molar-refractivity contribution in [3.05, 3.63) is 65.5 Å². The summed E-state index contributed by atoms with van der Waals surface area (Å²) >= 11 is 1.22. The van der Waals surface area contributed by atoms with Crippen LogP contribution in [0.2, 0.25) is 0 Å². The van der Waals surface area contributed by atoms with Gasteiger partial charge in [-0.1, -0.05) is 48.2 Å². The van der Waals surface area contributed by atoms with Crippen LogP contribution < -0.4 is 5.32 Å². The van der Waals surface area contributed by atoms with Crippen molar-refractivity contribution in [3.8, 4) is 0 Å². The highest BCUT2D eigenvalue weighted by Gasteiger charge is 2.40. The molecule has 1 heterocycles. The Morgan fingerprint density at radius 3 is 2.68 bits per heavy atom. The predicted molar refractivity (Wildman–Crippen MR) is 121 cm³/mol. The first-order valence-corrected chi connectivity index (χ1v) is 11.0. The molecule has 8 heteroatoms. The fraction of sp³-hybridized carbons (Fsp3) is 0.348. The van der Waals surface area contributed by atoms with Crippen molar-refractivity contribution < 1.29 is 18.7 Å². The van der Waals surface area contributed by atoms with Gasteiger partial charge in [0, 0.05) is 20.1 Å². The standard InChI is InChI=1S/C23H26FN3O3S/c1-4-30-19(16-8-6-5-7-9-16)14-27-22(29)20(13-21(28)25-3)31-23(27)26-17-11-10-15(2)18(24)12-17/h5-12,19-20H,4,13-14H2,1-3H3,(H,25,28). The molecule has 0 spiro atoms. The van der Waals surface area contributed by atoms with E-state index in [0.717, 1.165) is 5.56 Å². The zero-order valence-corrected chi connectivity index (χ0v) is 18.6. The van der Waals surface area contributed by atoms with E-state index in [4.69, 9.17) is 4.74 Å². The lowest BCUT2D eigenvalue weighted by atomic mass is 10.1. The zero-order chi connectivity index (χ0) is 22.4. The fourth-order valence-corrected chi connectivity index (χ4v) is 4.38. The van der Waals surface area contributed by atoms with E-state index in [1.807, 2.05) is 37.3 Å². The fourth-order valence-electron chi connectivity index (χ4n) is 3.21. The summed E-state index contributed by atoms with van der Waals surface area (Å²) in [6.07, 6.45) is -0.308. The second-order valence-electron chi connectivity index (χ2n) is 7.12. The van der Waals surface area contributed by atoms with Gasteiger partial charge in [-0.15, -0.1) is 0 Å². The summed E-state index contributed by atoms with van der Waals surface area (Å²) < 4.78 is 19.9. The summed E-state index contributed by atoms with van der Waals surface area (Å²) in [4.78, 5) is 31.2. The van der Waals surface area contributed by atoms with Gasteiger partial charge in [0.05, 0.1) is 12.2 Å². The van der Waals surface area contributed by atoms with Crippen LogP contribution in [0.3, 0.4) is 0 Å². The third-order valence-electron chi connectivity index (χ3n) is 4.94. The number of carbonyl (C=O) groups is 2. The Morgan fingerprint density at radius 2 is 2.03 bits per heavy atom. The Hall–Kier alpha value is -2.71. The van der Waals surface area contributed by atoms with Crippen LogP contribution in [0.5, 0.6) is 0 Å². The Balaban J connectivity index is 1.93. The molecule has 164 valence electrons. The molecular formula is C23H26FN3O3S. The number of hydrogen-bond donors (Lipinski definition) is 1. The van der Waals surface area contributed by atoms with E-state index in [9.17, 15) is 14.0 Å². The lowest BCUT2D eigenvalue weighted by molar-refractivity contribution is -0.130. The molecule has 2 unspecified atom stereocenters. The topological polar surface area (TPSA) is 71.0 Å². The van der Waals surface area contributed by atoms with Crippen LogP contribution in [-0.4, -0.2) is 47.3 Å². The molecule has 0 aliphatic carbocycles. The number of benzene rings is 2. The van der Waals surface area contributed by atoms with Gasteiger partial charge in [-0.2, -0.15) is 0 Å². The molecule has 3 rings (SSSR count). The summed E-state index contributed by atoms with van der Waals surface area (Å²) in [5, 5.41) is 2.40. The molecule has 2 amide bonds. The molecule has 1 aliphatic rings. The second kappa shape index (κ2) is 10.5. The van der Waals surface area contributed by atoms with Crippen LogP contribution in [0.25, 0.3) is 0 Å². The quantitative estimate of drug-likeness (QED) is 0.670. The van der Waals surface area contributed by atoms with Crippen molar-refractivity contribution in [2.45, 2.75) is 31.6 Å². The lowest BCUT2D eigenvalue weighted by Crippen LogP contribution is -2.37. The van der Waals surface area contributed by atoms with Crippen LogP contribution in [0.4, 0.5) is 10.1 Å². The number of nitrogens with zero attached hydrogens (tertiary/aromatic N) is 2. The summed E-state index contributed by atoms with van der Waals surface area (Å²) in [6.45, 7) is 4.31. The smallest absolute Gasteiger partial charge is 0.242 e. The van der Waals surface area contributed by atoms with Gasteiger partial charge in [0.1, 0.15) is 17.2 Å². The van der Waals surface area contributed by atoms with Crippen molar-refractivity contribution in [2.24, 2.45) is 4.99 Å². The number of nitrogens with one attached hydrogen (secondary N) is 1. The normalized spacial score (nSPS) is 18.5. The first kappa shape index (κ1) is 23.0. The summed E-state index contributed by atoms with van der Waals surface area (Å²) in [6, 6.07) is 14.3. The molecule has 1 aliphatic heterocycles. The highest BCUT2D eigenvalue weighted by molar-refractivity contribution is 8.15. The number of thioether (sulfide) groups is 1. The number of carbonyl (C=O) groups excluding carboxylic acids is 2. The number of ether oxygens (including phenoxy) is 1. The molecular weight excluding hydrogens is 417 g/mol. The summed E-state index contributed by atoms with van der Waals surface area (Å²) in [5.74, 6) is -0.792. The van der Waals surface area contributed by atoms with Crippen molar-refractivity contribution in [1.29, 1.82) is 0 Å². The number of hydrogen-bond acceptors (Lipinski definition) is 5. The van der Waals surface area contributed by atoms with Gasteiger partial charge in [-0.05, 0) is 37.1 Å². The molecule has 1 N–H and O–H groups in total. The third kappa shape index (κ3) is 5.71. The molecule has 2 atom stereocenters. The minimum Gasteiger partial charge on any atom is -0.372 e. The molecule has 2 aromatic rings. The van der Waals surface area contributed by atoms with E-state index in [1.165, 1.54) is 24.9 Å². The van der Waals surface area contributed by atoms with E-state index in [2.05, 4.69) is 10.3 Å². The molecule has 6 nitrogen and oxygen atoms in total. The van der Waals surface area contributed by atoms with Crippen LogP contribution in [0.15, 0.2) is 53.5 Å². The molecule has 1 fully saturated rings. The Kier molecular flexibility index (Phi) is 7.81. The predicted octanol–water partition coefficient (Wildman–Crippen LogP) is 3.98. The largest absolute Gasteiger partial charge is 0.372 e. The number of amides is 2. The van der Waals surface area contributed by atoms with E-state index in [-0.39, 0.29) is 36.7 Å². The zero-order valence-electron chi connectivity index (χ0n) is 17.8.